The Labute approximate surface area is 469 Å². The molecule has 386 valence electrons. The summed E-state index contributed by atoms with van der Waals surface area (Å²) in [6.07, 6.45) is 0. The fourth-order valence-corrected chi connectivity index (χ4v) is 13.4. The third-order valence-corrected chi connectivity index (χ3v) is 17.0. The largest absolute Gasteiger partial charge is 0.462 e. The van der Waals surface area contributed by atoms with Crippen molar-refractivity contribution in [3.8, 4) is 54.5 Å². The monoisotopic (exact) mass is 1060 g/mol. The molecule has 0 N–H and O–H groups in total. The van der Waals surface area contributed by atoms with Gasteiger partial charge in [0.1, 0.15) is 11.0 Å². The SMILES string of the molecule is CCOC(=O)c1ccccc1-c1ccc2c3ccc(-c4ccccc4C(=O)OCC)cc3c3nc4c(-c5ccc6c7ccccc7n(-c7ccccc7)c6c5)sc(-c5ccc6c7ccccc7n(-c7ccccc7)c6c5)c4nc3c2c1. The van der Waals surface area contributed by atoms with Gasteiger partial charge < -0.3 is 18.6 Å². The van der Waals surface area contributed by atoms with E-state index in [2.05, 4.69) is 191 Å². The number of thiophene rings is 1. The van der Waals surface area contributed by atoms with Gasteiger partial charge in [-0.15, -0.1) is 11.3 Å². The zero-order valence-electron chi connectivity index (χ0n) is 44.2. The number of ether oxygens (including phenoxy) is 2. The molecule has 81 heavy (non-hydrogen) atoms. The van der Waals surface area contributed by atoms with Crippen LogP contribution in [0.25, 0.3) is 142 Å². The van der Waals surface area contributed by atoms with Crippen LogP contribution in [0.15, 0.2) is 231 Å². The summed E-state index contributed by atoms with van der Waals surface area (Å²) < 4.78 is 15.9. The summed E-state index contributed by atoms with van der Waals surface area (Å²) in [5.41, 5.74) is 15.8. The van der Waals surface area contributed by atoms with Gasteiger partial charge in [0.2, 0.25) is 0 Å². The van der Waals surface area contributed by atoms with Crippen molar-refractivity contribution >= 4 is 110 Å². The standard InChI is InChI=1S/C72H48N4O4S/c1-3-79-71(77)57-27-13-11-23-49(57)43-31-35-51-52-36-32-44(50-24-12-14-28-58(50)72(78)80-4-2)40-60(52)66-65(59(51)39-43)73-67-68(74-66)70(46-34-38-56-54-26-16-18-30-62(54)76(64(56)42-46)48-21-9-6-10-22-48)81-69(67)45-33-37-55-53-25-15-17-29-61(53)75(63(55)41-45)47-19-7-5-8-20-47/h5-42H,3-4H2,1-2H3. The van der Waals surface area contributed by atoms with Crippen molar-refractivity contribution < 1.29 is 19.1 Å². The molecule has 0 saturated heterocycles. The average Bonchev–Trinajstić information content (AvgIpc) is 4.27. The van der Waals surface area contributed by atoms with Crippen LogP contribution in [0.4, 0.5) is 0 Å². The minimum absolute atomic E-state index is 0.260. The molecular weight excluding hydrogens is 1020 g/mol. The maximum Gasteiger partial charge on any atom is 0.338 e. The molecule has 8 nitrogen and oxygen atoms in total. The highest BCUT2D eigenvalue weighted by atomic mass is 32.1. The minimum atomic E-state index is -0.380. The third-order valence-electron chi connectivity index (χ3n) is 15.7. The Bertz CT molecular complexity index is 4760. The molecular formula is C72H48N4O4S. The Morgan fingerprint density at radius 3 is 1.17 bits per heavy atom. The lowest BCUT2D eigenvalue weighted by molar-refractivity contribution is 0.0517. The Kier molecular flexibility index (Phi) is 11.4. The molecule has 15 rings (SSSR count). The van der Waals surface area contributed by atoms with Gasteiger partial charge in [0, 0.05) is 43.7 Å². The summed E-state index contributed by atoms with van der Waals surface area (Å²) in [5, 5.41) is 8.38. The number of hydrogen-bond donors (Lipinski definition) is 0. The van der Waals surface area contributed by atoms with Crippen LogP contribution in [0.1, 0.15) is 34.6 Å². The first-order valence-electron chi connectivity index (χ1n) is 27.3. The minimum Gasteiger partial charge on any atom is -0.462 e. The first kappa shape index (κ1) is 47.9. The number of nitrogens with zero attached hydrogens (tertiary/aromatic N) is 4. The molecule has 0 fully saturated rings. The second kappa shape index (κ2) is 19.3. The maximum absolute atomic E-state index is 13.5. The van der Waals surface area contributed by atoms with Crippen molar-refractivity contribution in [1.82, 2.24) is 19.1 Å². The molecule has 0 aliphatic rings. The fraction of sp³-hybridized carbons (Fsp3) is 0.0556. The van der Waals surface area contributed by atoms with Gasteiger partial charge >= 0.3 is 11.9 Å². The maximum atomic E-state index is 13.5. The molecule has 15 aromatic rings. The van der Waals surface area contributed by atoms with Gasteiger partial charge in [-0.25, -0.2) is 19.6 Å². The molecule has 11 aromatic carbocycles. The summed E-state index contributed by atoms with van der Waals surface area (Å²) in [6.45, 7) is 4.16. The van der Waals surface area contributed by atoms with Gasteiger partial charge in [-0.3, -0.25) is 0 Å². The zero-order valence-corrected chi connectivity index (χ0v) is 45.0. The van der Waals surface area contributed by atoms with Crippen LogP contribution in [0.2, 0.25) is 0 Å². The molecule has 9 heteroatoms. The number of hydrogen-bond acceptors (Lipinski definition) is 7. The van der Waals surface area contributed by atoms with Crippen LogP contribution < -0.4 is 0 Å². The molecule has 4 aromatic heterocycles. The van der Waals surface area contributed by atoms with E-state index >= 15 is 0 Å². The predicted octanol–water partition coefficient (Wildman–Crippen LogP) is 18.4. The van der Waals surface area contributed by atoms with Gasteiger partial charge in [-0.2, -0.15) is 0 Å². The first-order chi connectivity index (χ1) is 39.9. The number of fused-ring (bicyclic) bond motifs is 13. The van der Waals surface area contributed by atoms with Crippen LogP contribution in [0.5, 0.6) is 0 Å². The molecule has 4 heterocycles. The van der Waals surface area contributed by atoms with E-state index in [9.17, 15) is 9.59 Å². The number of aromatic nitrogens is 4. The quantitative estimate of drug-likeness (QED) is 0.100. The number of benzene rings is 11. The van der Waals surface area contributed by atoms with Gasteiger partial charge in [-0.1, -0.05) is 158 Å². The number of carbonyl (C=O) groups excluding carboxylic acids is 2. The van der Waals surface area contributed by atoms with Crippen molar-refractivity contribution in [2.24, 2.45) is 0 Å². The van der Waals surface area contributed by atoms with Crippen LogP contribution in [0.3, 0.4) is 0 Å². The molecule has 0 radical (unpaired) electrons. The third kappa shape index (κ3) is 7.72. The van der Waals surface area contributed by atoms with Gasteiger partial charge in [0.05, 0.1) is 67.2 Å². The highest BCUT2D eigenvalue weighted by molar-refractivity contribution is 7.21. The van der Waals surface area contributed by atoms with E-state index in [0.717, 1.165) is 120 Å². The van der Waals surface area contributed by atoms with Gasteiger partial charge in [-0.05, 0) is 131 Å². The van der Waals surface area contributed by atoms with Crippen molar-refractivity contribution in [2.75, 3.05) is 13.2 Å². The highest BCUT2D eigenvalue weighted by Crippen LogP contribution is 2.48. The van der Waals surface area contributed by atoms with E-state index in [1.807, 2.05) is 62.4 Å². The van der Waals surface area contributed by atoms with E-state index in [-0.39, 0.29) is 25.2 Å². The van der Waals surface area contributed by atoms with Crippen molar-refractivity contribution in [3.05, 3.63) is 242 Å². The predicted molar refractivity (Wildman–Crippen MR) is 332 cm³/mol. The van der Waals surface area contributed by atoms with Crippen LogP contribution >= 0.6 is 11.3 Å². The first-order valence-corrected chi connectivity index (χ1v) is 28.1. The van der Waals surface area contributed by atoms with Crippen LogP contribution in [0, 0.1) is 0 Å². The van der Waals surface area contributed by atoms with Gasteiger partial charge in [0.25, 0.3) is 0 Å². The second-order valence-corrected chi connectivity index (χ2v) is 21.3. The topological polar surface area (TPSA) is 88.2 Å². The molecule has 0 aliphatic carbocycles. The average molecular weight is 1070 g/mol. The summed E-state index contributed by atoms with van der Waals surface area (Å²) in [4.78, 5) is 40.9. The molecule has 0 saturated carbocycles. The van der Waals surface area contributed by atoms with E-state index in [0.29, 0.717) is 22.2 Å². The summed E-state index contributed by atoms with van der Waals surface area (Å²) in [5.74, 6) is -0.760. The molecule has 0 spiro atoms. The van der Waals surface area contributed by atoms with E-state index in [1.165, 1.54) is 10.8 Å². The van der Waals surface area contributed by atoms with Crippen molar-refractivity contribution in [3.63, 3.8) is 0 Å². The van der Waals surface area contributed by atoms with Crippen LogP contribution in [-0.4, -0.2) is 44.3 Å². The number of esters is 2. The van der Waals surface area contributed by atoms with Crippen LogP contribution in [-0.2, 0) is 9.47 Å². The Morgan fingerprint density at radius 2 is 0.728 bits per heavy atom. The lowest BCUT2D eigenvalue weighted by atomic mass is 9.91. The summed E-state index contributed by atoms with van der Waals surface area (Å²) in [6, 6.07) is 79.8. The van der Waals surface area contributed by atoms with Crippen molar-refractivity contribution in [1.29, 1.82) is 0 Å². The summed E-state index contributed by atoms with van der Waals surface area (Å²) in [7, 11) is 0. The number of rotatable bonds is 10. The Hall–Kier alpha value is -10.2. The highest BCUT2D eigenvalue weighted by Gasteiger charge is 2.25. The molecule has 0 amide bonds. The molecule has 0 aliphatic heterocycles. The zero-order chi connectivity index (χ0) is 54.3. The second-order valence-electron chi connectivity index (χ2n) is 20.3. The molecule has 0 atom stereocenters. The number of carbonyl (C=O) groups is 2. The van der Waals surface area contributed by atoms with E-state index in [1.54, 1.807) is 11.3 Å². The smallest absolute Gasteiger partial charge is 0.338 e. The van der Waals surface area contributed by atoms with Gasteiger partial charge in [0.15, 0.2) is 0 Å². The van der Waals surface area contributed by atoms with E-state index in [4.69, 9.17) is 19.4 Å². The summed E-state index contributed by atoms with van der Waals surface area (Å²) >= 11 is 1.71. The van der Waals surface area contributed by atoms with E-state index < -0.39 is 0 Å². The van der Waals surface area contributed by atoms with Crippen molar-refractivity contribution in [2.45, 2.75) is 13.8 Å². The molecule has 0 bridgehead atoms. The lowest BCUT2D eigenvalue weighted by Crippen LogP contribution is -2.06. The normalized spacial score (nSPS) is 11.8. The Morgan fingerprint density at radius 1 is 0.358 bits per heavy atom. The Balaban J connectivity index is 1.06. The molecule has 0 unspecified atom stereocenters. The lowest BCUT2D eigenvalue weighted by Gasteiger charge is -2.15. The number of para-hydroxylation sites is 4. The fourth-order valence-electron chi connectivity index (χ4n) is 12.2.